The molecule has 3 heteroatoms. The van der Waals surface area contributed by atoms with Gasteiger partial charge in [-0.15, -0.1) is 0 Å². The zero-order valence-corrected chi connectivity index (χ0v) is 12.7. The van der Waals surface area contributed by atoms with Gasteiger partial charge in [-0.2, -0.15) is 0 Å². The maximum atomic E-state index is 3.65. The highest BCUT2D eigenvalue weighted by molar-refractivity contribution is 4.94. The van der Waals surface area contributed by atoms with Gasteiger partial charge in [0.05, 0.1) is 0 Å². The zero-order chi connectivity index (χ0) is 13.1. The van der Waals surface area contributed by atoms with Crippen molar-refractivity contribution in [2.75, 3.05) is 26.2 Å². The van der Waals surface area contributed by atoms with Crippen molar-refractivity contribution in [2.45, 2.75) is 71.1 Å². The molecule has 0 bridgehead atoms. The number of hydrogen-bond donors (Lipinski definition) is 1. The van der Waals surface area contributed by atoms with Crippen LogP contribution in [0.4, 0.5) is 0 Å². The minimum Gasteiger partial charge on any atom is -0.313 e. The molecule has 0 aromatic carbocycles. The van der Waals surface area contributed by atoms with Crippen LogP contribution in [0.15, 0.2) is 0 Å². The summed E-state index contributed by atoms with van der Waals surface area (Å²) < 4.78 is 0. The Kier molecular flexibility index (Phi) is 5.05. The molecule has 1 N–H and O–H groups in total. The molecule has 2 heterocycles. The lowest BCUT2D eigenvalue weighted by atomic mass is 10.0. The van der Waals surface area contributed by atoms with Gasteiger partial charge in [-0.3, -0.25) is 9.80 Å². The lowest BCUT2D eigenvalue weighted by molar-refractivity contribution is 0.0233. The van der Waals surface area contributed by atoms with Gasteiger partial charge in [0.2, 0.25) is 0 Å². The highest BCUT2D eigenvalue weighted by Gasteiger charge is 2.37. The van der Waals surface area contributed by atoms with Crippen LogP contribution in [-0.2, 0) is 0 Å². The second kappa shape index (κ2) is 6.36. The van der Waals surface area contributed by atoms with Gasteiger partial charge in [0, 0.05) is 37.3 Å². The molecule has 18 heavy (non-hydrogen) atoms. The highest BCUT2D eigenvalue weighted by atomic mass is 15.3. The van der Waals surface area contributed by atoms with E-state index in [0.29, 0.717) is 18.1 Å². The van der Waals surface area contributed by atoms with E-state index in [9.17, 15) is 0 Å². The quantitative estimate of drug-likeness (QED) is 0.808. The minimum absolute atomic E-state index is 0.598. The van der Waals surface area contributed by atoms with Gasteiger partial charge < -0.3 is 5.32 Å². The average Bonchev–Trinajstić information content (AvgIpc) is 2.81. The summed E-state index contributed by atoms with van der Waals surface area (Å²) in [5.41, 5.74) is 0. The SMILES string of the molecule is CCCNC(C)C(C)N1CC2CCCN2CC1C. The highest BCUT2D eigenvalue weighted by Crippen LogP contribution is 2.26. The van der Waals surface area contributed by atoms with Crippen LogP contribution in [0.3, 0.4) is 0 Å². The third-order valence-corrected chi connectivity index (χ3v) is 4.95. The number of rotatable bonds is 5. The number of nitrogens with zero attached hydrogens (tertiary/aromatic N) is 2. The molecule has 4 unspecified atom stereocenters. The molecule has 0 radical (unpaired) electrons. The summed E-state index contributed by atoms with van der Waals surface area (Å²) in [6.07, 6.45) is 4.04. The molecule has 3 nitrogen and oxygen atoms in total. The molecular formula is C15H31N3. The van der Waals surface area contributed by atoms with Crippen molar-refractivity contribution in [1.29, 1.82) is 0 Å². The number of nitrogens with one attached hydrogen (secondary N) is 1. The van der Waals surface area contributed by atoms with Gasteiger partial charge in [0.15, 0.2) is 0 Å². The van der Waals surface area contributed by atoms with Gasteiger partial charge in [-0.25, -0.2) is 0 Å². The Bertz CT molecular complexity index is 256. The molecule has 2 saturated heterocycles. The first-order valence-electron chi connectivity index (χ1n) is 7.86. The van der Waals surface area contributed by atoms with Gasteiger partial charge in [0.1, 0.15) is 0 Å². The van der Waals surface area contributed by atoms with Crippen molar-refractivity contribution < 1.29 is 0 Å². The van der Waals surface area contributed by atoms with Gasteiger partial charge >= 0.3 is 0 Å². The summed E-state index contributed by atoms with van der Waals surface area (Å²) >= 11 is 0. The average molecular weight is 253 g/mol. The normalized spacial score (nSPS) is 33.3. The Morgan fingerprint density at radius 2 is 2.06 bits per heavy atom. The third-order valence-electron chi connectivity index (χ3n) is 4.95. The molecule has 0 aromatic heterocycles. The number of fused-ring (bicyclic) bond motifs is 1. The van der Waals surface area contributed by atoms with E-state index in [1.807, 2.05) is 0 Å². The first-order valence-corrected chi connectivity index (χ1v) is 7.86. The molecule has 2 aliphatic heterocycles. The smallest absolute Gasteiger partial charge is 0.0224 e. The van der Waals surface area contributed by atoms with Crippen LogP contribution in [0.25, 0.3) is 0 Å². The first-order chi connectivity index (χ1) is 8.63. The van der Waals surface area contributed by atoms with E-state index >= 15 is 0 Å². The van der Waals surface area contributed by atoms with E-state index in [1.165, 1.54) is 38.9 Å². The van der Waals surface area contributed by atoms with Crippen molar-refractivity contribution >= 4 is 0 Å². The zero-order valence-electron chi connectivity index (χ0n) is 12.7. The molecule has 2 aliphatic rings. The molecule has 2 fully saturated rings. The number of piperazine rings is 1. The van der Waals surface area contributed by atoms with Gasteiger partial charge in [-0.05, 0) is 53.1 Å². The molecule has 4 atom stereocenters. The Morgan fingerprint density at radius 1 is 1.28 bits per heavy atom. The lowest BCUT2D eigenvalue weighted by Gasteiger charge is -2.46. The van der Waals surface area contributed by atoms with E-state index < -0.39 is 0 Å². The molecule has 0 saturated carbocycles. The molecule has 0 aromatic rings. The summed E-state index contributed by atoms with van der Waals surface area (Å²) in [5.74, 6) is 0. The maximum Gasteiger partial charge on any atom is 0.0224 e. The fourth-order valence-electron chi connectivity index (χ4n) is 3.61. The van der Waals surface area contributed by atoms with Crippen molar-refractivity contribution in [3.63, 3.8) is 0 Å². The van der Waals surface area contributed by atoms with Crippen LogP contribution in [0, 0.1) is 0 Å². The van der Waals surface area contributed by atoms with Crippen molar-refractivity contribution in [3.05, 3.63) is 0 Å². The summed E-state index contributed by atoms with van der Waals surface area (Å²) in [4.78, 5) is 5.44. The summed E-state index contributed by atoms with van der Waals surface area (Å²) in [7, 11) is 0. The molecule has 2 rings (SSSR count). The summed E-state index contributed by atoms with van der Waals surface area (Å²) in [6.45, 7) is 14.4. The summed E-state index contributed by atoms with van der Waals surface area (Å²) in [6, 6.07) is 2.79. The Balaban J connectivity index is 1.90. The van der Waals surface area contributed by atoms with E-state index in [0.717, 1.165) is 12.6 Å². The third kappa shape index (κ3) is 3.06. The van der Waals surface area contributed by atoms with Crippen molar-refractivity contribution in [3.8, 4) is 0 Å². The Labute approximate surface area is 113 Å². The Hall–Kier alpha value is -0.120. The second-order valence-electron chi connectivity index (χ2n) is 6.32. The van der Waals surface area contributed by atoms with E-state index in [1.54, 1.807) is 0 Å². The van der Waals surface area contributed by atoms with Crippen molar-refractivity contribution in [1.82, 2.24) is 15.1 Å². The first kappa shape index (κ1) is 14.3. The van der Waals surface area contributed by atoms with Crippen LogP contribution in [0.1, 0.15) is 47.0 Å². The topological polar surface area (TPSA) is 18.5 Å². The molecule has 0 amide bonds. The van der Waals surface area contributed by atoms with E-state index in [2.05, 4.69) is 42.8 Å². The summed E-state index contributed by atoms with van der Waals surface area (Å²) in [5, 5.41) is 3.65. The predicted octanol–water partition coefficient (Wildman–Crippen LogP) is 1.93. The molecular weight excluding hydrogens is 222 g/mol. The van der Waals surface area contributed by atoms with Crippen LogP contribution in [0.2, 0.25) is 0 Å². The fourth-order valence-corrected chi connectivity index (χ4v) is 3.61. The molecule has 0 aliphatic carbocycles. The second-order valence-corrected chi connectivity index (χ2v) is 6.32. The molecule has 106 valence electrons. The van der Waals surface area contributed by atoms with Gasteiger partial charge in [-0.1, -0.05) is 6.92 Å². The predicted molar refractivity (Wildman–Crippen MR) is 78.0 cm³/mol. The lowest BCUT2D eigenvalue weighted by Crippen LogP contribution is -2.60. The monoisotopic (exact) mass is 253 g/mol. The Morgan fingerprint density at radius 3 is 2.78 bits per heavy atom. The van der Waals surface area contributed by atoms with Crippen LogP contribution in [-0.4, -0.2) is 60.1 Å². The van der Waals surface area contributed by atoms with Crippen molar-refractivity contribution in [2.24, 2.45) is 0 Å². The van der Waals surface area contributed by atoms with Crippen LogP contribution < -0.4 is 5.32 Å². The fraction of sp³-hybridized carbons (Fsp3) is 1.00. The van der Waals surface area contributed by atoms with Crippen LogP contribution >= 0.6 is 0 Å². The molecule has 0 spiro atoms. The van der Waals surface area contributed by atoms with E-state index in [-0.39, 0.29) is 0 Å². The van der Waals surface area contributed by atoms with E-state index in [4.69, 9.17) is 0 Å². The largest absolute Gasteiger partial charge is 0.313 e. The maximum absolute atomic E-state index is 3.65. The minimum atomic E-state index is 0.598. The van der Waals surface area contributed by atoms with Crippen LogP contribution in [0.5, 0.6) is 0 Å². The van der Waals surface area contributed by atoms with Gasteiger partial charge in [0.25, 0.3) is 0 Å². The number of hydrogen-bond acceptors (Lipinski definition) is 3. The standard InChI is InChI=1S/C15H31N3/c1-5-8-16-13(3)14(4)18-11-15-7-6-9-17(15)10-12(18)2/h12-16H,5-11H2,1-4H3.